The lowest BCUT2D eigenvalue weighted by Gasteiger charge is -2.22. The molecule has 10 N–H and O–H groups in total. The Morgan fingerprint density at radius 3 is 2.27 bits per heavy atom. The minimum absolute atomic E-state index is 0.00380. The van der Waals surface area contributed by atoms with Gasteiger partial charge in [-0.3, -0.25) is 24.6 Å². The van der Waals surface area contributed by atoms with Crippen LogP contribution < -0.4 is 28.0 Å². The molecule has 2 heterocycles. The Morgan fingerprint density at radius 2 is 1.56 bits per heavy atom. The number of nitrogens with one attached hydrogen (secondary N) is 3. The van der Waals surface area contributed by atoms with E-state index < -0.39 is 36.3 Å². The first-order valence-corrected chi connectivity index (χ1v) is 16.5. The van der Waals surface area contributed by atoms with Crippen LogP contribution in [0, 0.1) is 5.41 Å². The molecular formula is C30H50N10O12. The van der Waals surface area contributed by atoms with Crippen molar-refractivity contribution in [2.24, 2.45) is 17.2 Å². The number of aromatic nitrogens is 4. The normalized spacial score (nSPS) is 12.4. The van der Waals surface area contributed by atoms with Gasteiger partial charge in [0.2, 0.25) is 17.9 Å². The molecule has 292 valence electrons. The minimum Gasteiger partial charge on any atom is -0.479 e. The van der Waals surface area contributed by atoms with Crippen LogP contribution in [-0.2, 0) is 58.9 Å². The lowest BCUT2D eigenvalue weighted by Crippen LogP contribution is -2.41. The SMILES string of the molecule is N=c1c2[nH]cnc2ncn1CC(=O)N(CCN)CCC(=O)NCCOCCOCC(=O)C(N)COCCOCC(=O)C(OCCOCCN)C(=O)O. The molecule has 2 aromatic rings. The number of aliphatic carboxylic acids is 1. The molecule has 0 saturated heterocycles. The standard InChI is InChI=1S/C30H50N10O12/c31-2-6-39(25(44)15-40-20-38-29-26(28(40)34)36-19-37-29)5-1-24(43)35-4-8-48-9-10-50-17-22(41)21(33)16-49-11-12-51-18-23(42)27(30(45)46)52-14-13-47-7-3-32/h19-21,27,34H,1-18,31-33H2,(H,35,43)(H,36,37)(H,45,46). The molecule has 2 aromatic heterocycles. The van der Waals surface area contributed by atoms with Crippen molar-refractivity contribution in [3.63, 3.8) is 0 Å². The number of carbonyl (C=O) groups is 5. The average Bonchev–Trinajstić information content (AvgIpc) is 3.61. The Bertz CT molecular complexity index is 1460. The topological polar surface area (TPSA) is 325 Å². The van der Waals surface area contributed by atoms with E-state index in [9.17, 15) is 24.0 Å². The summed E-state index contributed by atoms with van der Waals surface area (Å²) < 4.78 is 32.6. The third kappa shape index (κ3) is 16.8. The van der Waals surface area contributed by atoms with Crippen molar-refractivity contribution in [2.75, 3.05) is 105 Å². The van der Waals surface area contributed by atoms with Crippen molar-refractivity contribution < 1.29 is 57.5 Å². The van der Waals surface area contributed by atoms with Gasteiger partial charge in [-0.15, -0.1) is 0 Å². The molecule has 0 fully saturated rings. The summed E-state index contributed by atoms with van der Waals surface area (Å²) in [7, 11) is 0. The van der Waals surface area contributed by atoms with Gasteiger partial charge in [-0.25, -0.2) is 14.8 Å². The molecule has 52 heavy (non-hydrogen) atoms. The largest absolute Gasteiger partial charge is 0.479 e. The third-order valence-corrected chi connectivity index (χ3v) is 6.93. The molecule has 0 aliphatic carbocycles. The fourth-order valence-corrected chi connectivity index (χ4v) is 4.24. The zero-order chi connectivity index (χ0) is 38.1. The number of carboxylic acids is 1. The summed E-state index contributed by atoms with van der Waals surface area (Å²) in [6, 6.07) is -0.961. The Morgan fingerprint density at radius 1 is 0.885 bits per heavy atom. The van der Waals surface area contributed by atoms with E-state index in [1.165, 1.54) is 22.1 Å². The number of Topliss-reactive ketones (excluding diaryl/α,β-unsaturated/α-hetero) is 2. The van der Waals surface area contributed by atoms with Crippen LogP contribution in [0.1, 0.15) is 6.42 Å². The second-order valence-corrected chi connectivity index (χ2v) is 10.9. The predicted molar refractivity (Wildman–Crippen MR) is 180 cm³/mol. The highest BCUT2D eigenvalue weighted by Crippen LogP contribution is 2.01. The molecule has 2 atom stereocenters. The molecule has 22 heteroatoms. The smallest absolute Gasteiger partial charge is 0.340 e. The van der Waals surface area contributed by atoms with Crippen LogP contribution in [0.25, 0.3) is 11.2 Å². The number of imidazole rings is 1. The molecule has 22 nitrogen and oxygen atoms in total. The van der Waals surface area contributed by atoms with Gasteiger partial charge in [0.1, 0.15) is 25.3 Å². The van der Waals surface area contributed by atoms with E-state index in [0.717, 1.165) is 0 Å². The lowest BCUT2D eigenvalue weighted by atomic mass is 10.2. The summed E-state index contributed by atoms with van der Waals surface area (Å²) in [5.41, 5.74) is 17.6. The monoisotopic (exact) mass is 742 g/mol. The number of rotatable bonds is 31. The first kappa shape index (κ1) is 43.9. The fourth-order valence-electron chi connectivity index (χ4n) is 4.24. The second kappa shape index (κ2) is 25.7. The van der Waals surface area contributed by atoms with Crippen LogP contribution in [-0.4, -0.2) is 176 Å². The van der Waals surface area contributed by atoms with Gasteiger partial charge in [-0.05, 0) is 0 Å². The third-order valence-electron chi connectivity index (χ3n) is 6.93. The van der Waals surface area contributed by atoms with Crippen molar-refractivity contribution in [3.05, 3.63) is 18.1 Å². The maximum Gasteiger partial charge on any atom is 0.340 e. The number of hydrogen-bond acceptors (Lipinski definition) is 17. The molecule has 0 aromatic carbocycles. The van der Waals surface area contributed by atoms with Crippen molar-refractivity contribution in [1.29, 1.82) is 5.41 Å². The van der Waals surface area contributed by atoms with E-state index in [0.29, 0.717) is 17.7 Å². The molecule has 2 unspecified atom stereocenters. The Kier molecular flexibility index (Phi) is 21.7. The van der Waals surface area contributed by atoms with E-state index in [4.69, 9.17) is 56.1 Å². The quantitative estimate of drug-likeness (QED) is 0.0283. The van der Waals surface area contributed by atoms with Gasteiger partial charge >= 0.3 is 5.97 Å². The molecule has 2 rings (SSSR count). The van der Waals surface area contributed by atoms with Crippen molar-refractivity contribution in [3.8, 4) is 0 Å². The first-order valence-electron chi connectivity index (χ1n) is 16.5. The van der Waals surface area contributed by atoms with Crippen molar-refractivity contribution in [2.45, 2.75) is 25.1 Å². The maximum atomic E-state index is 12.9. The summed E-state index contributed by atoms with van der Waals surface area (Å²) in [5.74, 6) is -3.23. The molecule has 0 saturated carbocycles. The summed E-state index contributed by atoms with van der Waals surface area (Å²) in [6.45, 7) is 0.752. The number of nitrogens with zero attached hydrogens (tertiary/aromatic N) is 4. The van der Waals surface area contributed by atoms with Crippen molar-refractivity contribution in [1.82, 2.24) is 29.7 Å². The summed E-state index contributed by atoms with van der Waals surface area (Å²) >= 11 is 0. The van der Waals surface area contributed by atoms with Crippen LogP contribution >= 0.6 is 0 Å². The molecule has 0 spiro atoms. The molecule has 0 aliphatic heterocycles. The molecule has 2 amide bonds. The average molecular weight is 743 g/mol. The number of H-pyrrole nitrogens is 1. The van der Waals surface area contributed by atoms with E-state index >= 15 is 0 Å². The highest BCUT2D eigenvalue weighted by molar-refractivity contribution is 6.01. The predicted octanol–water partition coefficient (Wildman–Crippen LogP) is -4.49. The maximum absolute atomic E-state index is 12.9. The highest BCUT2D eigenvalue weighted by atomic mass is 16.6. The number of hydrogen-bond donors (Lipinski definition) is 7. The zero-order valence-corrected chi connectivity index (χ0v) is 29.0. The van der Waals surface area contributed by atoms with Crippen LogP contribution in [0.2, 0.25) is 0 Å². The van der Waals surface area contributed by atoms with Crippen LogP contribution in [0.5, 0.6) is 0 Å². The highest BCUT2D eigenvalue weighted by Gasteiger charge is 2.27. The van der Waals surface area contributed by atoms with Crippen LogP contribution in [0.3, 0.4) is 0 Å². The summed E-state index contributed by atoms with van der Waals surface area (Å²) in [4.78, 5) is 73.0. The Labute approximate surface area is 299 Å². The van der Waals surface area contributed by atoms with Gasteiger partial charge in [0.15, 0.2) is 22.7 Å². The minimum atomic E-state index is -1.69. The van der Waals surface area contributed by atoms with Crippen molar-refractivity contribution >= 4 is 40.5 Å². The van der Waals surface area contributed by atoms with Crippen LogP contribution in [0.4, 0.5) is 0 Å². The number of aromatic amines is 1. The van der Waals surface area contributed by atoms with E-state index in [2.05, 4.69) is 20.3 Å². The van der Waals surface area contributed by atoms with Gasteiger partial charge in [0.05, 0.1) is 78.2 Å². The fraction of sp³-hybridized carbons (Fsp3) is 0.667. The van der Waals surface area contributed by atoms with Gasteiger partial charge in [-0.1, -0.05) is 0 Å². The zero-order valence-electron chi connectivity index (χ0n) is 29.0. The molecule has 0 aliphatic rings. The van der Waals surface area contributed by atoms with Gasteiger partial charge in [-0.2, -0.15) is 0 Å². The number of carboxylic acid groups (broad SMARTS) is 1. The van der Waals surface area contributed by atoms with Gasteiger partial charge < -0.3 is 70.5 Å². The van der Waals surface area contributed by atoms with E-state index in [1.54, 1.807) is 0 Å². The number of ether oxygens (including phenoxy) is 6. The first-order chi connectivity index (χ1) is 25.1. The summed E-state index contributed by atoms with van der Waals surface area (Å²) in [6.07, 6.45) is 1.14. The summed E-state index contributed by atoms with van der Waals surface area (Å²) in [5, 5.41) is 20.1. The number of amides is 2. The van der Waals surface area contributed by atoms with Crippen LogP contribution in [0.15, 0.2) is 12.7 Å². The second-order valence-electron chi connectivity index (χ2n) is 10.9. The number of fused-ring (bicyclic) bond motifs is 1. The number of nitrogens with two attached hydrogens (primary N) is 3. The molecule has 0 bridgehead atoms. The number of carbonyl (C=O) groups excluding carboxylic acids is 4. The van der Waals surface area contributed by atoms with E-state index in [-0.39, 0.29) is 123 Å². The Hall–Kier alpha value is -4.26. The van der Waals surface area contributed by atoms with Gasteiger partial charge in [0.25, 0.3) is 0 Å². The van der Waals surface area contributed by atoms with E-state index in [1.807, 2.05) is 0 Å². The van der Waals surface area contributed by atoms with Gasteiger partial charge in [0, 0.05) is 39.1 Å². The lowest BCUT2D eigenvalue weighted by molar-refractivity contribution is -0.159. The molecule has 0 radical (unpaired) electrons. The number of ketones is 2. The molecular weight excluding hydrogens is 692 g/mol. The Balaban J connectivity index is 1.49.